The number of carbonyl (C=O) groups is 2. The van der Waals surface area contributed by atoms with Crippen molar-refractivity contribution in [2.75, 3.05) is 6.61 Å². The number of pyridine rings is 1. The van der Waals surface area contributed by atoms with Gasteiger partial charge in [0, 0.05) is 23.5 Å². The zero-order valence-electron chi connectivity index (χ0n) is 15.8. The van der Waals surface area contributed by atoms with Crippen LogP contribution in [0.15, 0.2) is 18.3 Å². The van der Waals surface area contributed by atoms with E-state index < -0.39 is 30.1 Å². The van der Waals surface area contributed by atoms with E-state index >= 15 is 0 Å². The minimum atomic E-state index is -4.52. The first-order valence-electron chi connectivity index (χ1n) is 8.84. The molecule has 29 heavy (non-hydrogen) atoms. The lowest BCUT2D eigenvalue weighted by molar-refractivity contribution is -0.153. The minimum absolute atomic E-state index is 0.0543. The summed E-state index contributed by atoms with van der Waals surface area (Å²) in [4.78, 5) is 28.7. The number of aryl methyl sites for hydroxylation is 1. The van der Waals surface area contributed by atoms with E-state index in [0.717, 1.165) is 18.9 Å². The number of ether oxygens (including phenoxy) is 1. The highest BCUT2D eigenvalue weighted by Gasteiger charge is 2.38. The van der Waals surface area contributed by atoms with Gasteiger partial charge in [0.25, 0.3) is 5.91 Å². The van der Waals surface area contributed by atoms with Crippen molar-refractivity contribution in [2.24, 2.45) is 5.73 Å². The summed E-state index contributed by atoms with van der Waals surface area (Å²) in [6, 6.07) is 2.69. The number of amides is 2. The van der Waals surface area contributed by atoms with Crippen LogP contribution in [-0.2, 0) is 10.3 Å². The van der Waals surface area contributed by atoms with Crippen LogP contribution in [0.2, 0.25) is 0 Å². The van der Waals surface area contributed by atoms with Crippen molar-refractivity contribution in [1.82, 2.24) is 20.5 Å². The van der Waals surface area contributed by atoms with Gasteiger partial charge in [-0.25, -0.2) is 0 Å². The summed E-state index contributed by atoms with van der Waals surface area (Å²) in [7, 11) is 0. The maximum absolute atomic E-state index is 12.7. The zero-order valence-corrected chi connectivity index (χ0v) is 15.8. The fourth-order valence-corrected chi connectivity index (χ4v) is 2.77. The molecule has 2 aromatic heterocycles. The lowest BCUT2D eigenvalue weighted by atomic mass is 9.96. The average molecular weight is 411 g/mol. The molecule has 1 aliphatic rings. The molecule has 0 aliphatic heterocycles. The van der Waals surface area contributed by atoms with Gasteiger partial charge in [-0.05, 0) is 38.7 Å². The van der Waals surface area contributed by atoms with Crippen molar-refractivity contribution < 1.29 is 27.5 Å². The molecule has 0 saturated heterocycles. The quantitative estimate of drug-likeness (QED) is 0.644. The molecule has 1 saturated carbocycles. The Morgan fingerprint density at radius 3 is 2.55 bits per heavy atom. The SMILES string of the molecule is Cc1cc(C(C)(NC(=O)c2cc(OCC(F)(F)F)c(C3CC3)cn2)C(N)=O)n[nH]1. The monoisotopic (exact) mass is 411 g/mol. The number of carbonyl (C=O) groups excluding carboxylic acids is 2. The number of hydrogen-bond donors (Lipinski definition) is 3. The molecule has 8 nitrogen and oxygen atoms in total. The number of nitrogens with one attached hydrogen (secondary N) is 2. The van der Waals surface area contributed by atoms with E-state index in [1.54, 1.807) is 13.0 Å². The van der Waals surface area contributed by atoms with Crippen LogP contribution in [0, 0.1) is 6.92 Å². The molecular formula is C18H20F3N5O3. The van der Waals surface area contributed by atoms with Gasteiger partial charge in [0.2, 0.25) is 5.91 Å². The molecule has 11 heteroatoms. The maximum Gasteiger partial charge on any atom is 0.422 e. The fourth-order valence-electron chi connectivity index (χ4n) is 2.77. The molecule has 0 radical (unpaired) electrons. The summed E-state index contributed by atoms with van der Waals surface area (Å²) in [5.41, 5.74) is 4.97. The Morgan fingerprint density at radius 1 is 1.34 bits per heavy atom. The highest BCUT2D eigenvalue weighted by molar-refractivity contribution is 5.98. The number of alkyl halides is 3. The predicted molar refractivity (Wildman–Crippen MR) is 95.1 cm³/mol. The normalized spacial score (nSPS) is 16.2. The van der Waals surface area contributed by atoms with Crippen LogP contribution in [-0.4, -0.2) is 39.8 Å². The number of primary amides is 1. The van der Waals surface area contributed by atoms with Crippen molar-refractivity contribution in [3.63, 3.8) is 0 Å². The third-order valence-electron chi connectivity index (χ3n) is 4.61. The zero-order chi connectivity index (χ0) is 21.4. The van der Waals surface area contributed by atoms with Crippen molar-refractivity contribution in [2.45, 2.75) is 44.3 Å². The van der Waals surface area contributed by atoms with E-state index in [2.05, 4.69) is 20.5 Å². The van der Waals surface area contributed by atoms with Gasteiger partial charge in [-0.2, -0.15) is 18.3 Å². The van der Waals surface area contributed by atoms with Gasteiger partial charge in [0.05, 0.1) is 5.69 Å². The van der Waals surface area contributed by atoms with Gasteiger partial charge in [-0.1, -0.05) is 0 Å². The summed E-state index contributed by atoms with van der Waals surface area (Å²) >= 11 is 0. The summed E-state index contributed by atoms with van der Waals surface area (Å²) in [5, 5.41) is 9.09. The summed E-state index contributed by atoms with van der Waals surface area (Å²) < 4.78 is 42.6. The Hall–Kier alpha value is -3.11. The van der Waals surface area contributed by atoms with E-state index in [-0.39, 0.29) is 23.1 Å². The van der Waals surface area contributed by atoms with E-state index in [1.165, 1.54) is 13.1 Å². The van der Waals surface area contributed by atoms with E-state index in [1.807, 2.05) is 0 Å². The van der Waals surface area contributed by atoms with Gasteiger partial charge in [0.15, 0.2) is 12.1 Å². The second kappa shape index (κ2) is 7.37. The van der Waals surface area contributed by atoms with Crippen LogP contribution in [0.4, 0.5) is 13.2 Å². The predicted octanol–water partition coefficient (Wildman–Crippen LogP) is 2.06. The summed E-state index contributed by atoms with van der Waals surface area (Å²) in [5.74, 6) is -1.65. The molecule has 0 aromatic carbocycles. The number of rotatable bonds is 7. The first-order valence-corrected chi connectivity index (χ1v) is 8.84. The van der Waals surface area contributed by atoms with Crippen LogP contribution >= 0.6 is 0 Å². The summed E-state index contributed by atoms with van der Waals surface area (Å²) in [6.07, 6.45) is -1.56. The topological polar surface area (TPSA) is 123 Å². The highest BCUT2D eigenvalue weighted by atomic mass is 19.4. The van der Waals surface area contributed by atoms with Gasteiger partial charge < -0.3 is 15.8 Å². The molecule has 1 atom stereocenters. The number of halogens is 3. The summed E-state index contributed by atoms with van der Waals surface area (Å²) in [6.45, 7) is 1.61. The second-order valence-electron chi connectivity index (χ2n) is 7.17. The van der Waals surface area contributed by atoms with Crippen LogP contribution in [0.25, 0.3) is 0 Å². The molecule has 2 aromatic rings. The van der Waals surface area contributed by atoms with Gasteiger partial charge >= 0.3 is 6.18 Å². The van der Waals surface area contributed by atoms with E-state index in [0.29, 0.717) is 11.3 Å². The first-order chi connectivity index (χ1) is 13.5. The third-order valence-corrected chi connectivity index (χ3v) is 4.61. The Kier molecular flexibility index (Phi) is 5.24. The van der Waals surface area contributed by atoms with Crippen molar-refractivity contribution in [3.05, 3.63) is 41.0 Å². The Balaban J connectivity index is 1.87. The Morgan fingerprint density at radius 2 is 2.03 bits per heavy atom. The number of aromatic nitrogens is 3. The molecule has 1 unspecified atom stereocenters. The van der Waals surface area contributed by atoms with Crippen LogP contribution in [0.3, 0.4) is 0 Å². The number of nitrogens with two attached hydrogens (primary N) is 1. The largest absolute Gasteiger partial charge is 0.484 e. The molecule has 0 bridgehead atoms. The Bertz CT molecular complexity index is 939. The minimum Gasteiger partial charge on any atom is -0.484 e. The molecule has 0 spiro atoms. The Labute approximate surface area is 164 Å². The molecule has 1 aliphatic carbocycles. The van der Waals surface area contributed by atoms with Crippen LogP contribution in [0.1, 0.15) is 53.1 Å². The molecule has 156 valence electrons. The molecule has 4 N–H and O–H groups in total. The lowest BCUT2D eigenvalue weighted by Crippen LogP contribution is -2.53. The fraction of sp³-hybridized carbons (Fsp3) is 0.444. The molecular weight excluding hydrogens is 391 g/mol. The van der Waals surface area contributed by atoms with Crippen LogP contribution in [0.5, 0.6) is 5.75 Å². The number of nitrogens with zero attached hydrogens (tertiary/aromatic N) is 2. The van der Waals surface area contributed by atoms with Gasteiger partial charge in [0.1, 0.15) is 11.4 Å². The highest BCUT2D eigenvalue weighted by Crippen LogP contribution is 2.44. The van der Waals surface area contributed by atoms with E-state index in [4.69, 9.17) is 10.5 Å². The smallest absolute Gasteiger partial charge is 0.422 e. The van der Waals surface area contributed by atoms with Gasteiger partial charge in [-0.15, -0.1) is 0 Å². The lowest BCUT2D eigenvalue weighted by Gasteiger charge is -2.25. The van der Waals surface area contributed by atoms with Crippen molar-refractivity contribution in [1.29, 1.82) is 0 Å². The van der Waals surface area contributed by atoms with Gasteiger partial charge in [-0.3, -0.25) is 19.7 Å². The molecule has 3 rings (SSSR count). The standard InChI is InChI=1S/C18H20F3N5O3/c1-9-5-14(26-25-9)17(2,16(22)28)24-15(27)12-6-13(29-8-18(19,20)21)11(7-23-12)10-3-4-10/h5-7,10H,3-4,8H2,1-2H3,(H2,22,28)(H,24,27)(H,25,26). The number of H-pyrrole nitrogens is 1. The third kappa shape index (κ3) is 4.66. The number of aromatic amines is 1. The van der Waals surface area contributed by atoms with Crippen molar-refractivity contribution >= 4 is 11.8 Å². The second-order valence-corrected chi connectivity index (χ2v) is 7.17. The van der Waals surface area contributed by atoms with Crippen molar-refractivity contribution in [3.8, 4) is 5.75 Å². The molecule has 1 fully saturated rings. The number of hydrogen-bond acceptors (Lipinski definition) is 5. The molecule has 2 amide bonds. The average Bonchev–Trinajstić information content (AvgIpc) is 3.39. The maximum atomic E-state index is 12.7. The molecule has 2 heterocycles. The first kappa shape index (κ1) is 20.6. The van der Waals surface area contributed by atoms with Crippen LogP contribution < -0.4 is 15.8 Å². The van der Waals surface area contributed by atoms with E-state index in [9.17, 15) is 22.8 Å².